The third kappa shape index (κ3) is 17.5. The van der Waals surface area contributed by atoms with Crippen LogP contribution in [0.2, 0.25) is 0 Å². The maximum Gasteiger partial charge on any atom is 3.00 e. The Bertz CT molecular complexity index is 1180. The summed E-state index contributed by atoms with van der Waals surface area (Å²) in [7, 11) is 0. The first kappa shape index (κ1) is 48.9. The van der Waals surface area contributed by atoms with E-state index in [4.69, 9.17) is 14.2 Å². The van der Waals surface area contributed by atoms with Crippen LogP contribution >= 0.6 is 0 Å². The van der Waals surface area contributed by atoms with Gasteiger partial charge >= 0.3 is 45.9 Å². The second-order valence-electron chi connectivity index (χ2n) is 12.2. The Kier molecular flexibility index (Phi) is 25.3. The Balaban J connectivity index is 0.0000140. The molecular formula is C34H53GdN4O14. The molecule has 4 N–H and O–H groups in total. The SMILES string of the molecule is CCOCCOCCOc1ccc(CCC[C@@H](C(=O)O)N2CCN([C@H](CO)C(=O)[O-])CCN([C@H](CO)C(=O)[O-])CCN([C@@H](CO)C(=O)[O-])CC2)cc1.[Gd+3]. The number of benzene rings is 1. The van der Waals surface area contributed by atoms with Crippen molar-refractivity contribution in [1.29, 1.82) is 0 Å². The molecule has 1 radical (unpaired) electrons. The minimum Gasteiger partial charge on any atom is -0.548 e. The van der Waals surface area contributed by atoms with Gasteiger partial charge in [0.1, 0.15) is 18.4 Å². The van der Waals surface area contributed by atoms with Crippen LogP contribution < -0.4 is 20.1 Å². The van der Waals surface area contributed by atoms with E-state index in [1.165, 1.54) is 14.7 Å². The normalized spacial score (nSPS) is 18.0. The molecule has 0 saturated carbocycles. The van der Waals surface area contributed by atoms with Gasteiger partial charge in [0.2, 0.25) is 0 Å². The summed E-state index contributed by atoms with van der Waals surface area (Å²) in [6, 6.07) is 1.78. The molecule has 1 aliphatic rings. The first-order valence-corrected chi connectivity index (χ1v) is 17.5. The summed E-state index contributed by atoms with van der Waals surface area (Å²) >= 11 is 0. The van der Waals surface area contributed by atoms with Crippen molar-refractivity contribution in [2.75, 3.05) is 105 Å². The fourth-order valence-corrected chi connectivity index (χ4v) is 6.04. The molecule has 0 unspecified atom stereocenters. The minimum absolute atomic E-state index is 0. The summed E-state index contributed by atoms with van der Waals surface area (Å²) in [6.07, 6.45) is 1.16. The van der Waals surface area contributed by atoms with Gasteiger partial charge in [0.05, 0.1) is 75.7 Å². The zero-order chi connectivity index (χ0) is 38.5. The minimum atomic E-state index is -1.61. The van der Waals surface area contributed by atoms with Crippen molar-refractivity contribution >= 4 is 23.9 Å². The number of rotatable bonds is 23. The van der Waals surface area contributed by atoms with Gasteiger partial charge in [-0.3, -0.25) is 24.4 Å². The number of aryl methyl sites for hydroxylation is 1. The quantitative estimate of drug-likeness (QED) is 0.0747. The van der Waals surface area contributed by atoms with Gasteiger partial charge < -0.3 is 64.3 Å². The summed E-state index contributed by atoms with van der Waals surface area (Å²) in [6.45, 7) is 0.944. The molecule has 53 heavy (non-hydrogen) atoms. The van der Waals surface area contributed by atoms with E-state index in [0.29, 0.717) is 51.6 Å². The van der Waals surface area contributed by atoms with Crippen molar-refractivity contribution in [1.82, 2.24) is 19.6 Å². The molecule has 1 aliphatic heterocycles. The maximum atomic E-state index is 12.7. The van der Waals surface area contributed by atoms with Gasteiger partial charge in [-0.1, -0.05) is 12.1 Å². The number of aliphatic carboxylic acids is 4. The van der Waals surface area contributed by atoms with Gasteiger partial charge in [-0.15, -0.1) is 0 Å². The van der Waals surface area contributed by atoms with E-state index in [1.807, 2.05) is 31.2 Å². The zero-order valence-corrected chi connectivity index (χ0v) is 32.3. The van der Waals surface area contributed by atoms with Crippen LogP contribution in [0.5, 0.6) is 5.75 Å². The predicted molar refractivity (Wildman–Crippen MR) is 178 cm³/mol. The van der Waals surface area contributed by atoms with Crippen molar-refractivity contribution in [3.63, 3.8) is 0 Å². The molecule has 0 bridgehead atoms. The molecule has 1 heterocycles. The molecule has 1 aromatic carbocycles. The van der Waals surface area contributed by atoms with Crippen LogP contribution in [0.4, 0.5) is 0 Å². The van der Waals surface area contributed by atoms with Crippen LogP contribution in [0, 0.1) is 39.9 Å². The monoisotopic (exact) mass is 899 g/mol. The zero-order valence-electron chi connectivity index (χ0n) is 30.1. The number of aliphatic hydroxyl groups excluding tert-OH is 3. The Morgan fingerprint density at radius 2 is 1.02 bits per heavy atom. The fourth-order valence-electron chi connectivity index (χ4n) is 6.04. The molecule has 4 atom stereocenters. The van der Waals surface area contributed by atoms with E-state index in [9.17, 15) is 54.9 Å². The molecule has 301 valence electrons. The number of hydrogen-bond donors (Lipinski definition) is 4. The second-order valence-corrected chi connectivity index (χ2v) is 12.2. The Morgan fingerprint density at radius 3 is 1.38 bits per heavy atom. The Hall–Kier alpha value is -2.14. The molecule has 2 rings (SSSR count). The molecule has 1 aromatic rings. The Morgan fingerprint density at radius 1 is 0.642 bits per heavy atom. The number of carboxylic acids is 4. The van der Waals surface area contributed by atoms with Crippen LogP contribution in [0.3, 0.4) is 0 Å². The van der Waals surface area contributed by atoms with Crippen LogP contribution in [0.15, 0.2) is 24.3 Å². The summed E-state index contributed by atoms with van der Waals surface area (Å²) < 4.78 is 16.3. The van der Waals surface area contributed by atoms with Gasteiger partial charge in [-0.25, -0.2) is 0 Å². The van der Waals surface area contributed by atoms with Gasteiger partial charge in [0.15, 0.2) is 0 Å². The Labute approximate surface area is 341 Å². The molecule has 0 amide bonds. The van der Waals surface area contributed by atoms with Crippen molar-refractivity contribution in [3.05, 3.63) is 29.8 Å². The van der Waals surface area contributed by atoms with Crippen molar-refractivity contribution < 1.29 is 109 Å². The topological polar surface area (TPSA) is 259 Å². The third-order valence-corrected chi connectivity index (χ3v) is 9.02. The van der Waals surface area contributed by atoms with Crippen molar-refractivity contribution in [2.24, 2.45) is 0 Å². The van der Waals surface area contributed by atoms with Gasteiger partial charge in [-0.05, 0) is 43.9 Å². The first-order chi connectivity index (χ1) is 25.0. The first-order valence-electron chi connectivity index (χ1n) is 17.5. The second kappa shape index (κ2) is 27.4. The number of nitrogens with zero attached hydrogens (tertiary/aromatic N) is 4. The van der Waals surface area contributed by atoms with Crippen LogP contribution in [-0.4, -0.2) is 193 Å². The number of ether oxygens (including phenoxy) is 3. The van der Waals surface area contributed by atoms with Gasteiger partial charge in [0, 0.05) is 59.0 Å². The molecule has 18 nitrogen and oxygen atoms in total. The molecule has 0 aromatic heterocycles. The predicted octanol–water partition coefficient (Wildman–Crippen LogP) is -5.55. The van der Waals surface area contributed by atoms with E-state index in [1.54, 1.807) is 4.90 Å². The molecule has 0 spiro atoms. The number of hydrogen-bond acceptors (Lipinski definition) is 17. The number of carboxylic acid groups (broad SMARTS) is 4. The molecule has 1 saturated heterocycles. The number of carbonyl (C=O) groups is 4. The van der Waals surface area contributed by atoms with E-state index in [0.717, 1.165) is 5.56 Å². The molecular weight excluding hydrogens is 846 g/mol. The van der Waals surface area contributed by atoms with E-state index < -0.39 is 67.9 Å². The van der Waals surface area contributed by atoms with Gasteiger partial charge in [0.25, 0.3) is 0 Å². The number of carbonyl (C=O) groups excluding carboxylic acids is 3. The molecule has 1 fully saturated rings. The average molecular weight is 899 g/mol. The van der Waals surface area contributed by atoms with Crippen LogP contribution in [0.1, 0.15) is 25.3 Å². The standard InChI is InChI=1S/C34H56N4O14.Gd/c1-2-50-18-19-51-20-21-52-26-8-6-25(7-9-26)4-3-5-27(31(42)43)35-10-12-36(28(22-39)32(44)45)14-16-38(30(24-41)34(48)49)17-15-37(13-11-35)29(23-40)33(46)47;/h6-9,27-30,39-41H,2-5,10-24H2,1H3,(H,42,43)(H,44,45)(H,46,47)(H,48,49);/q;+3/p-3/t27-,28-,29+,30+;/m0./s1. The van der Waals surface area contributed by atoms with Gasteiger partial charge in [-0.2, -0.15) is 0 Å². The summed E-state index contributed by atoms with van der Waals surface area (Å²) in [4.78, 5) is 53.9. The maximum absolute atomic E-state index is 12.7. The van der Waals surface area contributed by atoms with Crippen LogP contribution in [-0.2, 0) is 35.1 Å². The molecule has 19 heteroatoms. The summed E-state index contributed by atoms with van der Waals surface area (Å²) in [5.74, 6) is -5.29. The number of aliphatic hydroxyl groups is 3. The smallest absolute Gasteiger partial charge is 0.548 e. The summed E-state index contributed by atoms with van der Waals surface area (Å²) in [5.41, 5.74) is 0.942. The van der Waals surface area contributed by atoms with Crippen molar-refractivity contribution in [2.45, 2.75) is 50.4 Å². The third-order valence-electron chi connectivity index (χ3n) is 9.02. The van der Waals surface area contributed by atoms with Crippen molar-refractivity contribution in [3.8, 4) is 5.75 Å². The van der Waals surface area contributed by atoms with E-state index in [-0.39, 0.29) is 98.7 Å². The summed E-state index contributed by atoms with van der Waals surface area (Å²) in [5, 5.41) is 75.6. The van der Waals surface area contributed by atoms with E-state index >= 15 is 0 Å². The average Bonchev–Trinajstić information content (AvgIpc) is 3.10. The van der Waals surface area contributed by atoms with E-state index in [2.05, 4.69) is 0 Å². The largest absolute Gasteiger partial charge is 3.00 e. The molecule has 0 aliphatic carbocycles. The fraction of sp³-hybridized carbons (Fsp3) is 0.706. The van der Waals surface area contributed by atoms with Crippen LogP contribution in [0.25, 0.3) is 0 Å².